The van der Waals surface area contributed by atoms with E-state index in [0.717, 1.165) is 25.7 Å². The lowest BCUT2D eigenvalue weighted by atomic mass is 10.0. The second-order valence-corrected chi connectivity index (χ2v) is 5.51. The van der Waals surface area contributed by atoms with Gasteiger partial charge in [-0.05, 0) is 19.8 Å². The molecule has 0 unspecified atom stereocenters. The highest BCUT2D eigenvalue weighted by molar-refractivity contribution is 7.99. The Hall–Kier alpha value is -1.24. The molecule has 0 spiro atoms. The number of carbonyl (C=O) groups is 1. The van der Waals surface area contributed by atoms with E-state index in [1.807, 2.05) is 4.57 Å². The van der Waals surface area contributed by atoms with Gasteiger partial charge in [0.25, 0.3) is 0 Å². The first kappa shape index (κ1) is 12.2. The van der Waals surface area contributed by atoms with Gasteiger partial charge in [0.2, 0.25) is 5.95 Å². The lowest BCUT2D eigenvalue weighted by Crippen LogP contribution is -2.28. The molecule has 0 atom stereocenters. The van der Waals surface area contributed by atoms with Crippen LogP contribution in [0.2, 0.25) is 0 Å². The Kier molecular flexibility index (Phi) is 3.28. The Morgan fingerprint density at radius 2 is 2.18 bits per heavy atom. The number of carboxylic acids is 1. The monoisotopic (exact) mass is 256 g/mol. The van der Waals surface area contributed by atoms with Gasteiger partial charge in [-0.2, -0.15) is 0 Å². The number of aliphatic carboxylic acids is 1. The van der Waals surface area contributed by atoms with Crippen molar-refractivity contribution in [2.45, 2.75) is 43.3 Å². The van der Waals surface area contributed by atoms with E-state index in [9.17, 15) is 4.79 Å². The number of nitrogens with zero attached hydrogens (tertiary/aromatic N) is 3. The molecule has 1 aliphatic carbocycles. The molecule has 1 aliphatic rings. The van der Waals surface area contributed by atoms with Crippen LogP contribution in [-0.4, -0.2) is 31.6 Å². The minimum Gasteiger partial charge on any atom is -0.481 e. The Bertz CT molecular complexity index is 426. The van der Waals surface area contributed by atoms with Crippen molar-refractivity contribution in [3.8, 4) is 0 Å². The molecule has 0 saturated heterocycles. The van der Waals surface area contributed by atoms with Crippen LogP contribution in [0.4, 0.5) is 5.95 Å². The Labute approximate surface area is 104 Å². The minimum absolute atomic E-state index is 0.0196. The van der Waals surface area contributed by atoms with Crippen LogP contribution in [0.1, 0.15) is 32.6 Å². The molecule has 94 valence electrons. The summed E-state index contributed by atoms with van der Waals surface area (Å²) in [6.45, 7) is 2.13. The third-order valence-corrected chi connectivity index (χ3v) is 4.12. The third kappa shape index (κ3) is 2.38. The van der Waals surface area contributed by atoms with E-state index in [2.05, 4.69) is 17.1 Å². The molecule has 0 bridgehead atoms. The molecule has 6 nitrogen and oxygen atoms in total. The maximum atomic E-state index is 10.6. The van der Waals surface area contributed by atoms with Crippen LogP contribution in [0.3, 0.4) is 0 Å². The van der Waals surface area contributed by atoms with Gasteiger partial charge in [-0.3, -0.25) is 9.36 Å². The Morgan fingerprint density at radius 3 is 2.76 bits per heavy atom. The van der Waals surface area contributed by atoms with Gasteiger partial charge in [0.15, 0.2) is 5.16 Å². The van der Waals surface area contributed by atoms with Crippen LogP contribution < -0.4 is 5.73 Å². The maximum Gasteiger partial charge on any atom is 0.313 e. The smallest absolute Gasteiger partial charge is 0.313 e. The number of thioether (sulfide) groups is 1. The quantitative estimate of drug-likeness (QED) is 0.789. The lowest BCUT2D eigenvalue weighted by molar-refractivity contribution is -0.133. The Balaban J connectivity index is 2.25. The first-order valence-electron chi connectivity index (χ1n) is 5.59. The SMILES string of the molecule is CC1(n2c(N)nnc2SCC(=O)O)CCCC1. The van der Waals surface area contributed by atoms with Crippen molar-refractivity contribution in [3.63, 3.8) is 0 Å². The molecule has 1 heterocycles. The molecular formula is C10H16N4O2S. The number of carboxylic acid groups (broad SMARTS) is 1. The molecule has 2 rings (SSSR count). The summed E-state index contributed by atoms with van der Waals surface area (Å²) in [6, 6.07) is 0. The van der Waals surface area contributed by atoms with Crippen LogP contribution >= 0.6 is 11.8 Å². The van der Waals surface area contributed by atoms with Gasteiger partial charge in [0.05, 0.1) is 5.75 Å². The molecule has 1 saturated carbocycles. The van der Waals surface area contributed by atoms with Crippen LogP contribution in [0.15, 0.2) is 5.16 Å². The predicted molar refractivity (Wildman–Crippen MR) is 64.9 cm³/mol. The number of nitrogen functional groups attached to an aromatic ring is 1. The van der Waals surface area contributed by atoms with Crippen molar-refractivity contribution < 1.29 is 9.90 Å². The van der Waals surface area contributed by atoms with Gasteiger partial charge >= 0.3 is 5.97 Å². The summed E-state index contributed by atoms with van der Waals surface area (Å²) >= 11 is 1.17. The van der Waals surface area contributed by atoms with Crippen LogP contribution in [0.25, 0.3) is 0 Å². The summed E-state index contributed by atoms with van der Waals surface area (Å²) in [5.74, 6) is -0.504. The first-order chi connectivity index (χ1) is 8.03. The predicted octanol–water partition coefficient (Wildman–Crippen LogP) is 1.33. The molecular weight excluding hydrogens is 240 g/mol. The molecule has 3 N–H and O–H groups in total. The summed E-state index contributed by atoms with van der Waals surface area (Å²) < 4.78 is 1.90. The van der Waals surface area contributed by atoms with Gasteiger partial charge in [-0.25, -0.2) is 0 Å². The van der Waals surface area contributed by atoms with Gasteiger partial charge < -0.3 is 10.8 Å². The highest BCUT2D eigenvalue weighted by Gasteiger charge is 2.34. The van der Waals surface area contributed by atoms with E-state index in [0.29, 0.717) is 11.1 Å². The summed E-state index contributed by atoms with van der Waals surface area (Å²) in [7, 11) is 0. The summed E-state index contributed by atoms with van der Waals surface area (Å²) in [4.78, 5) is 10.6. The van der Waals surface area contributed by atoms with Crippen molar-refractivity contribution >= 4 is 23.7 Å². The van der Waals surface area contributed by atoms with Crippen LogP contribution in [-0.2, 0) is 10.3 Å². The number of nitrogens with two attached hydrogens (primary N) is 1. The second-order valence-electron chi connectivity index (χ2n) is 4.56. The van der Waals surface area contributed by atoms with Crippen molar-refractivity contribution in [1.29, 1.82) is 0 Å². The summed E-state index contributed by atoms with van der Waals surface area (Å²) in [5, 5.41) is 17.1. The molecule has 0 amide bonds. The fourth-order valence-electron chi connectivity index (χ4n) is 2.37. The molecule has 1 fully saturated rings. The second kappa shape index (κ2) is 4.56. The van der Waals surface area contributed by atoms with Gasteiger partial charge in [0.1, 0.15) is 0 Å². The van der Waals surface area contributed by atoms with E-state index in [1.54, 1.807) is 0 Å². The number of anilines is 1. The minimum atomic E-state index is -0.861. The molecule has 0 aliphatic heterocycles. The molecule has 17 heavy (non-hydrogen) atoms. The van der Waals surface area contributed by atoms with Crippen molar-refractivity contribution in [3.05, 3.63) is 0 Å². The third-order valence-electron chi connectivity index (χ3n) is 3.20. The zero-order chi connectivity index (χ0) is 12.5. The van der Waals surface area contributed by atoms with Gasteiger partial charge in [-0.1, -0.05) is 24.6 Å². The molecule has 0 aromatic carbocycles. The van der Waals surface area contributed by atoms with E-state index < -0.39 is 5.97 Å². The number of hydrogen-bond donors (Lipinski definition) is 2. The van der Waals surface area contributed by atoms with Crippen LogP contribution in [0, 0.1) is 0 Å². The summed E-state index contributed by atoms with van der Waals surface area (Å²) in [6.07, 6.45) is 4.40. The first-order valence-corrected chi connectivity index (χ1v) is 6.57. The van der Waals surface area contributed by atoms with E-state index >= 15 is 0 Å². The standard InChI is InChI=1S/C10H16N4O2S/c1-10(4-2-3-5-10)14-8(11)12-13-9(14)17-6-7(15)16/h2-6H2,1H3,(H2,11,12)(H,15,16). The van der Waals surface area contributed by atoms with Crippen molar-refractivity contribution in [2.75, 3.05) is 11.5 Å². The average molecular weight is 256 g/mol. The number of aromatic nitrogens is 3. The topological polar surface area (TPSA) is 94.0 Å². The zero-order valence-electron chi connectivity index (χ0n) is 9.72. The maximum absolute atomic E-state index is 10.6. The zero-order valence-corrected chi connectivity index (χ0v) is 10.5. The molecule has 1 aromatic heterocycles. The van der Waals surface area contributed by atoms with E-state index in [-0.39, 0.29) is 11.3 Å². The van der Waals surface area contributed by atoms with Crippen LogP contribution in [0.5, 0.6) is 0 Å². The van der Waals surface area contributed by atoms with Crippen molar-refractivity contribution in [2.24, 2.45) is 0 Å². The molecule has 0 radical (unpaired) electrons. The van der Waals surface area contributed by atoms with E-state index in [1.165, 1.54) is 11.8 Å². The highest BCUT2D eigenvalue weighted by Crippen LogP contribution is 2.39. The number of rotatable bonds is 4. The average Bonchev–Trinajstić information content (AvgIpc) is 2.83. The molecule has 1 aromatic rings. The van der Waals surface area contributed by atoms with Gasteiger partial charge in [0, 0.05) is 5.54 Å². The van der Waals surface area contributed by atoms with Crippen molar-refractivity contribution in [1.82, 2.24) is 14.8 Å². The van der Waals surface area contributed by atoms with E-state index in [4.69, 9.17) is 10.8 Å². The summed E-state index contributed by atoms with van der Waals surface area (Å²) in [5.41, 5.74) is 5.78. The fraction of sp³-hybridized carbons (Fsp3) is 0.700. The molecule has 7 heteroatoms. The fourth-order valence-corrected chi connectivity index (χ4v) is 3.16. The highest BCUT2D eigenvalue weighted by atomic mass is 32.2. The largest absolute Gasteiger partial charge is 0.481 e. The normalized spacial score (nSPS) is 18.4. The lowest BCUT2D eigenvalue weighted by Gasteiger charge is -2.27. The number of hydrogen-bond acceptors (Lipinski definition) is 5. The van der Waals surface area contributed by atoms with Gasteiger partial charge in [-0.15, -0.1) is 10.2 Å². The Morgan fingerprint density at radius 1 is 1.53 bits per heavy atom.